The molecule has 2 heterocycles. The van der Waals surface area contributed by atoms with Crippen LogP contribution >= 0.6 is 23.4 Å². The molecule has 3 atom stereocenters. The summed E-state index contributed by atoms with van der Waals surface area (Å²) in [6.07, 6.45) is 1.52. The number of rotatable bonds is 5. The van der Waals surface area contributed by atoms with E-state index < -0.39 is 40.0 Å². The number of nitrogens with zero attached hydrogens (tertiary/aromatic N) is 1. The molecule has 1 aromatic heterocycles. The first-order chi connectivity index (χ1) is 11.3. The number of nitrogens with one attached hydrogen (secondary N) is 2. The molecule has 6 nitrogen and oxygen atoms in total. The third kappa shape index (κ3) is 4.47. The van der Waals surface area contributed by atoms with Gasteiger partial charge in [-0.05, 0) is 6.42 Å². The lowest BCUT2D eigenvalue weighted by atomic mass is 10.2. The fourth-order valence-corrected chi connectivity index (χ4v) is 4.18. The summed E-state index contributed by atoms with van der Waals surface area (Å²) in [4.78, 5) is 34.9. The highest BCUT2D eigenvalue weighted by Crippen LogP contribution is 2.36. The van der Waals surface area contributed by atoms with Crippen LogP contribution in [0.15, 0.2) is 17.1 Å². The first-order valence-corrected chi connectivity index (χ1v) is 8.53. The number of hydrogen-bond acceptors (Lipinski definition) is 4. The normalized spacial score (nSPS) is 23.1. The minimum atomic E-state index is -1.08. The molecule has 1 aliphatic heterocycles. The smallest absolute Gasteiger partial charge is 0.286 e. The molecule has 1 aliphatic rings. The highest BCUT2D eigenvalue weighted by Gasteiger charge is 2.38. The van der Waals surface area contributed by atoms with E-state index in [1.54, 1.807) is 0 Å². The molecular formula is C14H16ClF2N3O3S. The number of pyridine rings is 1. The Morgan fingerprint density at radius 2 is 2.21 bits per heavy atom. The zero-order valence-corrected chi connectivity index (χ0v) is 14.3. The van der Waals surface area contributed by atoms with E-state index >= 15 is 0 Å². The number of anilines is 1. The largest absolute Gasteiger partial charge is 0.343 e. The van der Waals surface area contributed by atoms with Gasteiger partial charge in [0.25, 0.3) is 5.56 Å². The summed E-state index contributed by atoms with van der Waals surface area (Å²) >= 11 is 7.31. The Morgan fingerprint density at radius 3 is 2.83 bits per heavy atom. The van der Waals surface area contributed by atoms with Crippen molar-refractivity contribution >= 4 is 40.9 Å². The van der Waals surface area contributed by atoms with Crippen LogP contribution in [0.4, 0.5) is 14.5 Å². The fourth-order valence-electron chi connectivity index (χ4n) is 2.29. The summed E-state index contributed by atoms with van der Waals surface area (Å²) in [7, 11) is 0. The van der Waals surface area contributed by atoms with Gasteiger partial charge in [-0.1, -0.05) is 0 Å². The molecular weight excluding hydrogens is 364 g/mol. The average molecular weight is 380 g/mol. The van der Waals surface area contributed by atoms with E-state index in [1.807, 2.05) is 0 Å². The quantitative estimate of drug-likeness (QED) is 0.759. The van der Waals surface area contributed by atoms with Crippen LogP contribution < -0.4 is 16.2 Å². The van der Waals surface area contributed by atoms with Crippen LogP contribution in [-0.2, 0) is 16.1 Å². The number of carbonyl (C=O) groups is 2. The Labute approximate surface area is 145 Å². The van der Waals surface area contributed by atoms with Crippen molar-refractivity contribution in [2.45, 2.75) is 35.9 Å². The number of carbonyl (C=O) groups excluding carboxylic acids is 2. The molecule has 0 aromatic carbocycles. The maximum Gasteiger partial charge on any atom is 0.286 e. The number of thioether (sulfide) groups is 1. The molecule has 132 valence electrons. The molecule has 0 saturated carbocycles. The van der Waals surface area contributed by atoms with E-state index in [-0.39, 0.29) is 18.1 Å². The number of alkyl halides is 2. The van der Waals surface area contributed by atoms with Crippen LogP contribution in [-0.4, -0.2) is 39.1 Å². The van der Waals surface area contributed by atoms with Gasteiger partial charge >= 0.3 is 0 Å². The summed E-state index contributed by atoms with van der Waals surface area (Å²) < 4.78 is 26.8. The van der Waals surface area contributed by atoms with E-state index in [2.05, 4.69) is 10.6 Å². The van der Waals surface area contributed by atoms with Crippen LogP contribution in [0.25, 0.3) is 0 Å². The van der Waals surface area contributed by atoms with Crippen molar-refractivity contribution in [3.8, 4) is 0 Å². The van der Waals surface area contributed by atoms with Gasteiger partial charge in [0, 0.05) is 19.2 Å². The summed E-state index contributed by atoms with van der Waals surface area (Å²) in [5, 5.41) is 3.80. The first kappa shape index (κ1) is 18.7. The molecule has 0 bridgehead atoms. The highest BCUT2D eigenvalue weighted by molar-refractivity contribution is 8.01. The molecule has 3 unspecified atom stereocenters. The number of aromatic nitrogens is 1. The SMILES string of the molecule is CC(=O)NC1SC(C(=O)Nc2cc(F)c(=O)n(CCF)c2)CC1Cl. The second kappa shape index (κ2) is 7.98. The summed E-state index contributed by atoms with van der Waals surface area (Å²) in [6, 6.07) is 0.887. The van der Waals surface area contributed by atoms with E-state index in [4.69, 9.17) is 11.6 Å². The van der Waals surface area contributed by atoms with Crippen molar-refractivity contribution < 1.29 is 18.4 Å². The monoisotopic (exact) mass is 379 g/mol. The second-order valence-electron chi connectivity index (χ2n) is 5.25. The number of hydrogen-bond donors (Lipinski definition) is 2. The van der Waals surface area contributed by atoms with E-state index in [0.29, 0.717) is 6.42 Å². The molecule has 0 aliphatic carbocycles. The summed E-state index contributed by atoms with van der Waals surface area (Å²) in [6.45, 7) is 0.224. The summed E-state index contributed by atoms with van der Waals surface area (Å²) in [5.74, 6) is -1.76. The molecule has 1 saturated heterocycles. The molecule has 0 radical (unpaired) electrons. The number of halogens is 3. The first-order valence-electron chi connectivity index (χ1n) is 7.15. The van der Waals surface area contributed by atoms with E-state index in [9.17, 15) is 23.2 Å². The van der Waals surface area contributed by atoms with Crippen molar-refractivity contribution in [3.05, 3.63) is 28.4 Å². The predicted molar refractivity (Wildman–Crippen MR) is 88.5 cm³/mol. The van der Waals surface area contributed by atoms with Gasteiger partial charge in [-0.15, -0.1) is 23.4 Å². The fraction of sp³-hybridized carbons (Fsp3) is 0.500. The predicted octanol–water partition coefficient (Wildman–Crippen LogP) is 1.47. The van der Waals surface area contributed by atoms with Crippen molar-refractivity contribution in [2.24, 2.45) is 0 Å². The second-order valence-corrected chi connectivity index (χ2v) is 7.16. The minimum absolute atomic E-state index is 0.0558. The Balaban J connectivity index is 2.07. The standard InChI is InChI=1S/C14H16ClF2N3O3S/c1-7(21)18-13-9(15)5-11(24-13)12(22)19-8-4-10(17)14(23)20(6-8)3-2-16/h4,6,9,11,13H,2-3,5H2,1H3,(H,18,21)(H,19,22). The zero-order chi connectivity index (χ0) is 17.9. The van der Waals surface area contributed by atoms with Crippen LogP contribution in [0.5, 0.6) is 0 Å². The lowest BCUT2D eigenvalue weighted by Crippen LogP contribution is -2.34. The van der Waals surface area contributed by atoms with Crippen molar-refractivity contribution in [1.29, 1.82) is 0 Å². The lowest BCUT2D eigenvalue weighted by Gasteiger charge is -2.14. The maximum atomic E-state index is 13.6. The number of aryl methyl sites for hydroxylation is 1. The van der Waals surface area contributed by atoms with E-state index in [1.165, 1.54) is 24.9 Å². The topological polar surface area (TPSA) is 80.2 Å². The van der Waals surface area contributed by atoms with Crippen molar-refractivity contribution in [3.63, 3.8) is 0 Å². The van der Waals surface area contributed by atoms with Gasteiger partial charge in [0.15, 0.2) is 5.82 Å². The third-order valence-electron chi connectivity index (χ3n) is 3.35. The Morgan fingerprint density at radius 1 is 1.50 bits per heavy atom. The number of amides is 2. The van der Waals surface area contributed by atoms with Crippen LogP contribution in [0.3, 0.4) is 0 Å². The molecule has 2 N–H and O–H groups in total. The van der Waals surface area contributed by atoms with Crippen LogP contribution in [0, 0.1) is 5.82 Å². The van der Waals surface area contributed by atoms with Gasteiger partial charge in [-0.25, -0.2) is 8.78 Å². The Bertz CT molecular complexity index is 700. The molecule has 2 rings (SSSR count). The van der Waals surface area contributed by atoms with Crippen molar-refractivity contribution in [1.82, 2.24) is 9.88 Å². The molecule has 1 aromatic rings. The Kier molecular flexibility index (Phi) is 6.22. The lowest BCUT2D eigenvalue weighted by molar-refractivity contribution is -0.119. The molecule has 1 fully saturated rings. The van der Waals surface area contributed by atoms with E-state index in [0.717, 1.165) is 10.6 Å². The summed E-state index contributed by atoms with van der Waals surface area (Å²) in [5.41, 5.74) is -0.896. The van der Waals surface area contributed by atoms with Gasteiger partial charge in [-0.2, -0.15) is 0 Å². The molecule has 2 amide bonds. The van der Waals surface area contributed by atoms with Gasteiger partial charge in [-0.3, -0.25) is 14.4 Å². The maximum absolute atomic E-state index is 13.6. The minimum Gasteiger partial charge on any atom is -0.343 e. The average Bonchev–Trinajstić information content (AvgIpc) is 2.85. The van der Waals surface area contributed by atoms with Crippen LogP contribution in [0.2, 0.25) is 0 Å². The van der Waals surface area contributed by atoms with Crippen molar-refractivity contribution in [2.75, 3.05) is 12.0 Å². The van der Waals surface area contributed by atoms with Gasteiger partial charge < -0.3 is 15.2 Å². The third-order valence-corrected chi connectivity index (χ3v) is 5.41. The van der Waals surface area contributed by atoms with Crippen LogP contribution in [0.1, 0.15) is 13.3 Å². The van der Waals surface area contributed by atoms with Gasteiger partial charge in [0.05, 0.1) is 28.2 Å². The zero-order valence-electron chi connectivity index (χ0n) is 12.7. The highest BCUT2D eigenvalue weighted by atomic mass is 35.5. The van der Waals surface area contributed by atoms with Gasteiger partial charge in [0.2, 0.25) is 11.8 Å². The molecule has 24 heavy (non-hydrogen) atoms. The Hall–Kier alpha value is -1.61. The molecule has 0 spiro atoms. The molecule has 10 heteroatoms. The van der Waals surface area contributed by atoms with Gasteiger partial charge in [0.1, 0.15) is 6.67 Å².